The van der Waals surface area contributed by atoms with Crippen molar-refractivity contribution in [1.29, 1.82) is 0 Å². The Morgan fingerprint density at radius 3 is 2.37 bits per heavy atom. The second-order valence-corrected chi connectivity index (χ2v) is 6.07. The molecule has 0 aliphatic rings. The number of carbonyl (C=O) groups is 1. The summed E-state index contributed by atoms with van der Waals surface area (Å²) in [5.74, 6) is 1.37. The molecule has 0 aromatic heterocycles. The van der Waals surface area contributed by atoms with E-state index in [9.17, 15) is 4.79 Å². The molecule has 5 heteroatoms. The standard InChI is InChI=1S/C22H29NO4/c1-4-7-14-25-16-18-15-17(8-13-21(18)27-6-3)22(24)23-19-9-11-20(12-10-19)26-5-2/h8-13,15H,4-7,14,16H2,1-3H3,(H,23,24). The lowest BCUT2D eigenvalue weighted by Crippen LogP contribution is -2.13. The zero-order valence-electron chi connectivity index (χ0n) is 16.4. The molecule has 0 radical (unpaired) electrons. The maximum absolute atomic E-state index is 12.6. The third-order valence-electron chi connectivity index (χ3n) is 3.95. The van der Waals surface area contributed by atoms with Gasteiger partial charge in [-0.15, -0.1) is 0 Å². The van der Waals surface area contributed by atoms with Gasteiger partial charge in [-0.3, -0.25) is 4.79 Å². The van der Waals surface area contributed by atoms with Crippen molar-refractivity contribution in [2.75, 3.05) is 25.1 Å². The van der Waals surface area contributed by atoms with Crippen LogP contribution in [0.15, 0.2) is 42.5 Å². The first-order valence-electron chi connectivity index (χ1n) is 9.55. The highest BCUT2D eigenvalue weighted by atomic mass is 16.5. The molecule has 2 aromatic rings. The average Bonchev–Trinajstić information content (AvgIpc) is 2.68. The Kier molecular flexibility index (Phi) is 8.65. The Hall–Kier alpha value is -2.53. The lowest BCUT2D eigenvalue weighted by atomic mass is 10.1. The molecule has 27 heavy (non-hydrogen) atoms. The maximum Gasteiger partial charge on any atom is 0.255 e. The van der Waals surface area contributed by atoms with E-state index in [2.05, 4.69) is 12.2 Å². The maximum atomic E-state index is 12.6. The number of benzene rings is 2. The third kappa shape index (κ3) is 6.61. The Morgan fingerprint density at radius 2 is 1.70 bits per heavy atom. The van der Waals surface area contributed by atoms with Crippen LogP contribution < -0.4 is 14.8 Å². The van der Waals surface area contributed by atoms with Crippen LogP contribution in [0, 0.1) is 0 Å². The van der Waals surface area contributed by atoms with E-state index in [0.29, 0.717) is 32.0 Å². The van der Waals surface area contributed by atoms with E-state index in [1.807, 2.05) is 50.2 Å². The van der Waals surface area contributed by atoms with Gasteiger partial charge in [0.1, 0.15) is 11.5 Å². The fourth-order valence-electron chi connectivity index (χ4n) is 2.56. The van der Waals surface area contributed by atoms with Crippen LogP contribution in [0.25, 0.3) is 0 Å². The highest BCUT2D eigenvalue weighted by molar-refractivity contribution is 6.04. The van der Waals surface area contributed by atoms with Crippen LogP contribution in [0.2, 0.25) is 0 Å². The van der Waals surface area contributed by atoms with Crippen molar-refractivity contribution in [3.63, 3.8) is 0 Å². The topological polar surface area (TPSA) is 56.8 Å². The van der Waals surface area contributed by atoms with E-state index in [4.69, 9.17) is 14.2 Å². The second-order valence-electron chi connectivity index (χ2n) is 6.07. The fraction of sp³-hybridized carbons (Fsp3) is 0.409. The minimum atomic E-state index is -0.169. The molecule has 0 bridgehead atoms. The van der Waals surface area contributed by atoms with Gasteiger partial charge in [0.25, 0.3) is 5.91 Å². The highest BCUT2D eigenvalue weighted by Gasteiger charge is 2.11. The van der Waals surface area contributed by atoms with E-state index in [-0.39, 0.29) is 5.91 Å². The molecule has 146 valence electrons. The van der Waals surface area contributed by atoms with Crippen molar-refractivity contribution in [3.05, 3.63) is 53.6 Å². The minimum Gasteiger partial charge on any atom is -0.494 e. The van der Waals surface area contributed by atoms with Crippen LogP contribution in [0.4, 0.5) is 5.69 Å². The van der Waals surface area contributed by atoms with Crippen molar-refractivity contribution < 1.29 is 19.0 Å². The summed E-state index contributed by atoms with van der Waals surface area (Å²) < 4.78 is 16.8. The van der Waals surface area contributed by atoms with Gasteiger partial charge in [0, 0.05) is 23.4 Å². The summed E-state index contributed by atoms with van der Waals surface area (Å²) in [5.41, 5.74) is 2.17. The molecule has 0 spiro atoms. The van der Waals surface area contributed by atoms with E-state index in [1.54, 1.807) is 6.07 Å². The molecule has 0 fully saturated rings. The summed E-state index contributed by atoms with van der Waals surface area (Å²) in [5, 5.41) is 2.91. The molecule has 0 saturated heterocycles. The van der Waals surface area contributed by atoms with Gasteiger partial charge in [-0.2, -0.15) is 0 Å². The number of rotatable bonds is 11. The van der Waals surface area contributed by atoms with Gasteiger partial charge in [-0.1, -0.05) is 13.3 Å². The van der Waals surface area contributed by atoms with E-state index in [0.717, 1.165) is 35.6 Å². The average molecular weight is 371 g/mol. The van der Waals surface area contributed by atoms with Gasteiger partial charge < -0.3 is 19.5 Å². The number of amides is 1. The number of carbonyl (C=O) groups excluding carboxylic acids is 1. The molecule has 2 rings (SSSR count). The van der Waals surface area contributed by atoms with Crippen LogP contribution in [0.5, 0.6) is 11.5 Å². The van der Waals surface area contributed by atoms with Crippen LogP contribution in [0.1, 0.15) is 49.5 Å². The van der Waals surface area contributed by atoms with E-state index < -0.39 is 0 Å². The second kappa shape index (κ2) is 11.2. The summed E-state index contributed by atoms with van der Waals surface area (Å²) in [7, 11) is 0. The number of hydrogen-bond donors (Lipinski definition) is 1. The Morgan fingerprint density at radius 1 is 0.963 bits per heavy atom. The molecular formula is C22H29NO4. The van der Waals surface area contributed by atoms with Gasteiger partial charge in [0.05, 0.1) is 19.8 Å². The molecule has 2 aromatic carbocycles. The Bertz CT molecular complexity index is 713. The van der Waals surface area contributed by atoms with Gasteiger partial charge in [-0.25, -0.2) is 0 Å². The van der Waals surface area contributed by atoms with Crippen LogP contribution >= 0.6 is 0 Å². The lowest BCUT2D eigenvalue weighted by molar-refractivity contribution is 0.102. The largest absolute Gasteiger partial charge is 0.494 e. The molecule has 0 unspecified atom stereocenters. The first kappa shape index (κ1) is 20.8. The number of nitrogens with one attached hydrogen (secondary N) is 1. The van der Waals surface area contributed by atoms with Crippen molar-refractivity contribution in [1.82, 2.24) is 0 Å². The van der Waals surface area contributed by atoms with Crippen LogP contribution in [0.3, 0.4) is 0 Å². The van der Waals surface area contributed by atoms with Gasteiger partial charge in [0.2, 0.25) is 0 Å². The lowest BCUT2D eigenvalue weighted by Gasteiger charge is -2.13. The summed E-state index contributed by atoms with van der Waals surface area (Å²) in [6.45, 7) is 8.31. The normalized spacial score (nSPS) is 10.5. The molecule has 0 heterocycles. The quantitative estimate of drug-likeness (QED) is 0.561. The van der Waals surface area contributed by atoms with E-state index >= 15 is 0 Å². The third-order valence-corrected chi connectivity index (χ3v) is 3.95. The molecule has 0 aliphatic carbocycles. The number of unbranched alkanes of at least 4 members (excludes halogenated alkanes) is 1. The molecule has 0 aliphatic heterocycles. The molecular weight excluding hydrogens is 342 g/mol. The molecule has 1 amide bonds. The van der Waals surface area contributed by atoms with Crippen molar-refractivity contribution in [2.45, 2.75) is 40.2 Å². The fourth-order valence-corrected chi connectivity index (χ4v) is 2.56. The molecule has 5 nitrogen and oxygen atoms in total. The van der Waals surface area contributed by atoms with Crippen LogP contribution in [-0.2, 0) is 11.3 Å². The Labute approximate surface area is 161 Å². The zero-order valence-corrected chi connectivity index (χ0v) is 16.4. The molecule has 1 N–H and O–H groups in total. The van der Waals surface area contributed by atoms with E-state index in [1.165, 1.54) is 0 Å². The Balaban J connectivity index is 2.07. The van der Waals surface area contributed by atoms with Crippen LogP contribution in [-0.4, -0.2) is 25.7 Å². The number of hydrogen-bond acceptors (Lipinski definition) is 4. The SMILES string of the molecule is CCCCOCc1cc(C(=O)Nc2ccc(OCC)cc2)ccc1OCC. The smallest absolute Gasteiger partial charge is 0.255 e. The molecule has 0 saturated carbocycles. The zero-order chi connectivity index (χ0) is 19.5. The molecule has 0 atom stereocenters. The predicted molar refractivity (Wildman–Crippen MR) is 108 cm³/mol. The predicted octanol–water partition coefficient (Wildman–Crippen LogP) is 5.05. The van der Waals surface area contributed by atoms with Crippen molar-refractivity contribution in [2.24, 2.45) is 0 Å². The highest BCUT2D eigenvalue weighted by Crippen LogP contribution is 2.23. The first-order chi connectivity index (χ1) is 13.2. The number of ether oxygens (including phenoxy) is 3. The van der Waals surface area contributed by atoms with Gasteiger partial charge in [0.15, 0.2) is 0 Å². The van der Waals surface area contributed by atoms with Gasteiger partial charge in [-0.05, 0) is 62.7 Å². The summed E-state index contributed by atoms with van der Waals surface area (Å²) >= 11 is 0. The first-order valence-corrected chi connectivity index (χ1v) is 9.55. The van der Waals surface area contributed by atoms with Gasteiger partial charge >= 0.3 is 0 Å². The van der Waals surface area contributed by atoms with Crippen molar-refractivity contribution in [3.8, 4) is 11.5 Å². The number of anilines is 1. The summed E-state index contributed by atoms with van der Waals surface area (Å²) in [6.07, 6.45) is 2.10. The summed E-state index contributed by atoms with van der Waals surface area (Å²) in [4.78, 5) is 12.6. The summed E-state index contributed by atoms with van der Waals surface area (Å²) in [6, 6.07) is 12.8. The minimum absolute atomic E-state index is 0.169. The monoisotopic (exact) mass is 371 g/mol. The van der Waals surface area contributed by atoms with Crippen molar-refractivity contribution >= 4 is 11.6 Å².